The Hall–Kier alpha value is -2.45. The molecule has 0 amide bonds. The molecule has 0 unspecified atom stereocenters. The molecule has 0 radical (unpaired) electrons. The molecule has 2 heterocycles. The van der Waals surface area contributed by atoms with E-state index in [2.05, 4.69) is 35.7 Å². The van der Waals surface area contributed by atoms with E-state index >= 15 is 0 Å². The van der Waals surface area contributed by atoms with Gasteiger partial charge in [-0.25, -0.2) is 0 Å². The minimum absolute atomic E-state index is 0.0187. The highest BCUT2D eigenvalue weighted by molar-refractivity contribution is 5.35. The van der Waals surface area contributed by atoms with E-state index in [-0.39, 0.29) is 12.1 Å². The zero-order valence-electron chi connectivity index (χ0n) is 11.8. The first-order chi connectivity index (χ1) is 9.56. The lowest BCUT2D eigenvalue weighted by Gasteiger charge is -2.10. The number of nitrogens with zero attached hydrogens (tertiary/aromatic N) is 5. The fraction of sp³-hybridized carbons (Fsp3) is 0.545. The van der Waals surface area contributed by atoms with Crippen molar-refractivity contribution in [2.75, 3.05) is 17.7 Å². The van der Waals surface area contributed by atoms with Gasteiger partial charge in [0, 0.05) is 14.0 Å². The second-order valence-electron chi connectivity index (χ2n) is 4.26. The summed E-state index contributed by atoms with van der Waals surface area (Å²) >= 11 is 0. The van der Waals surface area contributed by atoms with Crippen LogP contribution in [-0.4, -0.2) is 38.2 Å². The van der Waals surface area contributed by atoms with E-state index in [1.807, 2.05) is 13.8 Å². The van der Waals surface area contributed by atoms with Gasteiger partial charge in [-0.1, -0.05) is 5.16 Å². The van der Waals surface area contributed by atoms with Gasteiger partial charge in [0.1, 0.15) is 0 Å². The molecule has 0 aliphatic heterocycles. The van der Waals surface area contributed by atoms with Gasteiger partial charge in [0.05, 0.1) is 12.6 Å². The van der Waals surface area contributed by atoms with Crippen LogP contribution in [0.1, 0.15) is 25.6 Å². The van der Waals surface area contributed by atoms with Gasteiger partial charge < -0.3 is 19.9 Å². The number of aromatic nitrogens is 5. The van der Waals surface area contributed by atoms with Gasteiger partial charge in [-0.05, 0) is 13.8 Å². The van der Waals surface area contributed by atoms with E-state index in [9.17, 15) is 0 Å². The van der Waals surface area contributed by atoms with Crippen LogP contribution in [0, 0.1) is 6.92 Å². The lowest BCUT2D eigenvalue weighted by atomic mass is 10.5. The normalized spacial score (nSPS) is 10.7. The maximum atomic E-state index is 5.46. The molecule has 0 aromatic carbocycles. The predicted octanol–water partition coefficient (Wildman–Crippen LogP) is 1.00. The van der Waals surface area contributed by atoms with E-state index < -0.39 is 0 Å². The summed E-state index contributed by atoms with van der Waals surface area (Å²) in [5, 5.41) is 9.62. The molecule has 0 saturated heterocycles. The number of hydrogen-bond donors (Lipinski definition) is 2. The molecule has 0 bridgehead atoms. The Balaban J connectivity index is 2.09. The first-order valence-corrected chi connectivity index (χ1v) is 6.20. The summed E-state index contributed by atoms with van der Waals surface area (Å²) in [4.78, 5) is 16.5. The van der Waals surface area contributed by atoms with Crippen LogP contribution in [0.4, 0.5) is 11.9 Å². The van der Waals surface area contributed by atoms with Gasteiger partial charge in [0.25, 0.3) is 0 Å². The topological polar surface area (TPSA) is 111 Å². The molecule has 9 nitrogen and oxygen atoms in total. The summed E-state index contributed by atoms with van der Waals surface area (Å²) in [6.07, 6.45) is -0.0187. The van der Waals surface area contributed by atoms with Crippen LogP contribution >= 0.6 is 0 Å². The molecular weight excluding hydrogens is 262 g/mol. The molecule has 0 atom stereocenters. The first-order valence-electron chi connectivity index (χ1n) is 6.20. The van der Waals surface area contributed by atoms with Gasteiger partial charge in [-0.3, -0.25) is 0 Å². The quantitative estimate of drug-likeness (QED) is 0.799. The summed E-state index contributed by atoms with van der Waals surface area (Å²) in [5.41, 5.74) is 0. The molecular formula is C11H17N7O2. The van der Waals surface area contributed by atoms with Gasteiger partial charge >= 0.3 is 6.01 Å². The molecule has 2 rings (SSSR count). The van der Waals surface area contributed by atoms with Crippen LogP contribution in [0.5, 0.6) is 6.01 Å². The van der Waals surface area contributed by atoms with Crippen LogP contribution in [0.2, 0.25) is 0 Å². The summed E-state index contributed by atoms with van der Waals surface area (Å²) in [5.74, 6) is 1.84. The van der Waals surface area contributed by atoms with Crippen LogP contribution in [-0.2, 0) is 6.54 Å². The zero-order valence-corrected chi connectivity index (χ0v) is 11.8. The minimum Gasteiger partial charge on any atom is -0.461 e. The molecule has 2 aromatic rings. The van der Waals surface area contributed by atoms with Crippen molar-refractivity contribution in [2.45, 2.75) is 33.4 Å². The van der Waals surface area contributed by atoms with Gasteiger partial charge in [-0.2, -0.15) is 19.9 Å². The fourth-order valence-electron chi connectivity index (χ4n) is 1.38. The van der Waals surface area contributed by atoms with E-state index in [0.717, 1.165) is 0 Å². The Kier molecular flexibility index (Phi) is 4.28. The summed E-state index contributed by atoms with van der Waals surface area (Å²) < 4.78 is 10.3. The molecule has 2 N–H and O–H groups in total. The Morgan fingerprint density at radius 1 is 1.15 bits per heavy atom. The van der Waals surface area contributed by atoms with Crippen molar-refractivity contribution in [2.24, 2.45) is 0 Å². The third-order valence-electron chi connectivity index (χ3n) is 2.15. The van der Waals surface area contributed by atoms with Crippen LogP contribution < -0.4 is 15.4 Å². The third-order valence-corrected chi connectivity index (χ3v) is 2.15. The average molecular weight is 279 g/mol. The summed E-state index contributed by atoms with van der Waals surface area (Å²) in [6, 6.07) is 0.256. The standard InChI is InChI=1S/C11H17N7O2/c1-6(2)19-11-16-9(12-4)15-10(17-11)13-5-8-14-7(3)20-18-8/h6H,5H2,1-4H3,(H2,12,13,15,16,17). The van der Waals surface area contributed by atoms with E-state index in [0.29, 0.717) is 30.2 Å². The van der Waals surface area contributed by atoms with Crippen molar-refractivity contribution in [3.05, 3.63) is 11.7 Å². The lowest BCUT2D eigenvalue weighted by molar-refractivity contribution is 0.222. The van der Waals surface area contributed by atoms with Gasteiger partial charge in [-0.15, -0.1) is 0 Å². The smallest absolute Gasteiger partial charge is 0.323 e. The number of nitrogens with one attached hydrogen (secondary N) is 2. The van der Waals surface area contributed by atoms with Crippen molar-refractivity contribution in [1.29, 1.82) is 0 Å². The molecule has 20 heavy (non-hydrogen) atoms. The van der Waals surface area contributed by atoms with Crippen LogP contribution in [0.25, 0.3) is 0 Å². The molecule has 0 saturated carbocycles. The second-order valence-corrected chi connectivity index (χ2v) is 4.26. The van der Waals surface area contributed by atoms with E-state index in [4.69, 9.17) is 9.26 Å². The maximum Gasteiger partial charge on any atom is 0.323 e. The first kappa shape index (κ1) is 14.0. The largest absolute Gasteiger partial charge is 0.461 e. The minimum atomic E-state index is -0.0187. The number of anilines is 2. The van der Waals surface area contributed by atoms with Gasteiger partial charge in [0.2, 0.25) is 17.8 Å². The lowest BCUT2D eigenvalue weighted by Crippen LogP contribution is -2.13. The highest BCUT2D eigenvalue weighted by Gasteiger charge is 2.09. The monoisotopic (exact) mass is 279 g/mol. The van der Waals surface area contributed by atoms with Crippen LogP contribution in [0.15, 0.2) is 4.52 Å². The molecule has 0 fully saturated rings. The van der Waals surface area contributed by atoms with Crippen molar-refractivity contribution < 1.29 is 9.26 Å². The van der Waals surface area contributed by atoms with Crippen LogP contribution in [0.3, 0.4) is 0 Å². The second kappa shape index (κ2) is 6.13. The summed E-state index contributed by atoms with van der Waals surface area (Å²) in [6.45, 7) is 5.88. The van der Waals surface area contributed by atoms with E-state index in [1.54, 1.807) is 14.0 Å². The van der Waals surface area contributed by atoms with Crippen molar-refractivity contribution in [3.63, 3.8) is 0 Å². The number of hydrogen-bond acceptors (Lipinski definition) is 9. The SMILES string of the molecule is CNc1nc(NCc2noc(C)n2)nc(OC(C)C)n1. The number of rotatable bonds is 6. The van der Waals surface area contributed by atoms with Crippen molar-refractivity contribution in [1.82, 2.24) is 25.1 Å². The van der Waals surface area contributed by atoms with E-state index in [1.165, 1.54) is 0 Å². The molecule has 0 aliphatic carbocycles. The number of ether oxygens (including phenoxy) is 1. The Morgan fingerprint density at radius 3 is 2.50 bits per heavy atom. The summed E-state index contributed by atoms with van der Waals surface area (Å²) in [7, 11) is 1.72. The molecule has 0 spiro atoms. The Bertz CT molecular complexity index is 570. The predicted molar refractivity (Wildman–Crippen MR) is 71.5 cm³/mol. The maximum absolute atomic E-state index is 5.46. The van der Waals surface area contributed by atoms with Crippen molar-refractivity contribution in [3.8, 4) is 6.01 Å². The molecule has 0 aliphatic rings. The Morgan fingerprint density at radius 2 is 1.90 bits per heavy atom. The van der Waals surface area contributed by atoms with Crippen molar-refractivity contribution >= 4 is 11.9 Å². The third kappa shape index (κ3) is 3.77. The zero-order chi connectivity index (χ0) is 14.5. The van der Waals surface area contributed by atoms with Gasteiger partial charge in [0.15, 0.2) is 5.82 Å². The molecule has 108 valence electrons. The molecule has 2 aromatic heterocycles. The highest BCUT2D eigenvalue weighted by Crippen LogP contribution is 2.12. The average Bonchev–Trinajstić information content (AvgIpc) is 2.81. The Labute approximate surface area is 116 Å². The fourth-order valence-corrected chi connectivity index (χ4v) is 1.38. The molecule has 9 heteroatoms. The highest BCUT2D eigenvalue weighted by atomic mass is 16.5. The number of aryl methyl sites for hydroxylation is 1.